The van der Waals surface area contributed by atoms with Gasteiger partial charge in [-0.1, -0.05) is 18.2 Å². The highest BCUT2D eigenvalue weighted by Crippen LogP contribution is 2.30. The predicted molar refractivity (Wildman–Crippen MR) is 73.8 cm³/mol. The van der Waals surface area contributed by atoms with Crippen molar-refractivity contribution in [2.75, 3.05) is 20.2 Å². The number of ether oxygens (including phenoxy) is 1. The van der Waals surface area contributed by atoms with E-state index in [9.17, 15) is 0 Å². The van der Waals surface area contributed by atoms with Gasteiger partial charge in [-0.15, -0.1) is 0 Å². The Labute approximate surface area is 108 Å². The Morgan fingerprint density at radius 2 is 2.00 bits per heavy atom. The summed E-state index contributed by atoms with van der Waals surface area (Å²) in [4.78, 5) is 3.35. The van der Waals surface area contributed by atoms with E-state index in [0.717, 1.165) is 32.4 Å². The van der Waals surface area contributed by atoms with Crippen molar-refractivity contribution in [3.8, 4) is 0 Å². The molecule has 96 valence electrons. The Morgan fingerprint density at radius 3 is 2.78 bits per heavy atom. The summed E-state index contributed by atoms with van der Waals surface area (Å²) in [6.07, 6.45) is 5.30. The van der Waals surface area contributed by atoms with Crippen molar-refractivity contribution in [3.63, 3.8) is 0 Å². The molecule has 1 aromatic carbocycles. The van der Waals surface area contributed by atoms with Crippen LogP contribution in [0.3, 0.4) is 0 Å². The third-order valence-electron chi connectivity index (χ3n) is 4.14. The summed E-state index contributed by atoms with van der Waals surface area (Å²) in [7, 11) is 1.85. The van der Waals surface area contributed by atoms with E-state index in [1.807, 2.05) is 7.11 Å². The standard InChI is InChI=1S/C15H20N2O/c1-18-15(6-8-16-9-7-15)10-12-11-17-14-5-3-2-4-13(12)14/h2-5,11,16-17H,6-10H2,1H3. The highest BCUT2D eigenvalue weighted by atomic mass is 16.5. The van der Waals surface area contributed by atoms with Gasteiger partial charge in [0.05, 0.1) is 5.60 Å². The molecule has 3 heteroatoms. The van der Waals surface area contributed by atoms with E-state index < -0.39 is 0 Å². The Hall–Kier alpha value is -1.32. The zero-order valence-electron chi connectivity index (χ0n) is 10.8. The van der Waals surface area contributed by atoms with Crippen molar-refractivity contribution in [2.45, 2.75) is 24.9 Å². The molecule has 1 aromatic heterocycles. The molecule has 2 N–H and O–H groups in total. The van der Waals surface area contributed by atoms with Crippen LogP contribution in [0.25, 0.3) is 10.9 Å². The van der Waals surface area contributed by atoms with Gasteiger partial charge in [-0.2, -0.15) is 0 Å². The van der Waals surface area contributed by atoms with Gasteiger partial charge in [0.2, 0.25) is 0 Å². The first-order valence-corrected chi connectivity index (χ1v) is 6.64. The van der Waals surface area contributed by atoms with Crippen LogP contribution >= 0.6 is 0 Å². The maximum absolute atomic E-state index is 5.85. The second kappa shape index (κ2) is 4.75. The summed E-state index contributed by atoms with van der Waals surface area (Å²) < 4.78 is 5.85. The van der Waals surface area contributed by atoms with Crippen LogP contribution in [0.4, 0.5) is 0 Å². The van der Waals surface area contributed by atoms with Crippen molar-refractivity contribution >= 4 is 10.9 Å². The van der Waals surface area contributed by atoms with E-state index >= 15 is 0 Å². The highest BCUT2D eigenvalue weighted by molar-refractivity contribution is 5.83. The number of aromatic nitrogens is 1. The topological polar surface area (TPSA) is 37.0 Å². The van der Waals surface area contributed by atoms with Gasteiger partial charge in [-0.05, 0) is 37.6 Å². The quantitative estimate of drug-likeness (QED) is 0.870. The van der Waals surface area contributed by atoms with Crippen LogP contribution in [-0.2, 0) is 11.2 Å². The normalized spacial score (nSPS) is 19.2. The number of aromatic amines is 1. The molecule has 2 heterocycles. The van der Waals surface area contributed by atoms with Gasteiger partial charge in [0.1, 0.15) is 0 Å². The summed E-state index contributed by atoms with van der Waals surface area (Å²) in [6.45, 7) is 2.10. The predicted octanol–water partition coefficient (Wildman–Crippen LogP) is 2.48. The Morgan fingerprint density at radius 1 is 1.22 bits per heavy atom. The van der Waals surface area contributed by atoms with Gasteiger partial charge in [0, 0.05) is 30.6 Å². The Balaban J connectivity index is 1.90. The van der Waals surface area contributed by atoms with Crippen LogP contribution in [0.2, 0.25) is 0 Å². The number of methoxy groups -OCH3 is 1. The lowest BCUT2D eigenvalue weighted by Crippen LogP contribution is -2.44. The Kier molecular flexibility index (Phi) is 3.10. The van der Waals surface area contributed by atoms with Crippen LogP contribution in [0, 0.1) is 0 Å². The van der Waals surface area contributed by atoms with Crippen molar-refractivity contribution in [3.05, 3.63) is 36.0 Å². The molecule has 18 heavy (non-hydrogen) atoms. The lowest BCUT2D eigenvalue weighted by molar-refractivity contribution is -0.0331. The molecule has 0 amide bonds. The first-order chi connectivity index (χ1) is 8.83. The summed E-state index contributed by atoms with van der Waals surface area (Å²) in [5.74, 6) is 0. The minimum Gasteiger partial charge on any atom is -0.378 e. The van der Waals surface area contributed by atoms with Gasteiger partial charge in [0.15, 0.2) is 0 Å². The van der Waals surface area contributed by atoms with Crippen molar-refractivity contribution in [1.29, 1.82) is 0 Å². The summed E-state index contributed by atoms with van der Waals surface area (Å²) in [6, 6.07) is 8.48. The molecule has 1 fully saturated rings. The maximum atomic E-state index is 5.85. The lowest BCUT2D eigenvalue weighted by atomic mass is 9.85. The fourth-order valence-electron chi connectivity index (χ4n) is 2.96. The molecule has 2 aromatic rings. The largest absolute Gasteiger partial charge is 0.378 e. The van der Waals surface area contributed by atoms with Gasteiger partial charge in [0.25, 0.3) is 0 Å². The summed E-state index contributed by atoms with van der Waals surface area (Å²) in [5, 5.41) is 4.73. The number of hydrogen-bond donors (Lipinski definition) is 2. The van der Waals surface area contributed by atoms with Crippen molar-refractivity contribution < 1.29 is 4.74 Å². The first kappa shape index (κ1) is 11.8. The molecule has 3 nitrogen and oxygen atoms in total. The van der Waals surface area contributed by atoms with E-state index in [2.05, 4.69) is 40.8 Å². The molecule has 1 aliphatic rings. The molecular formula is C15H20N2O. The van der Waals surface area contributed by atoms with E-state index in [1.54, 1.807) is 0 Å². The second-order valence-corrected chi connectivity index (χ2v) is 5.17. The molecule has 0 bridgehead atoms. The number of fused-ring (bicyclic) bond motifs is 1. The van der Waals surface area contributed by atoms with Crippen molar-refractivity contribution in [1.82, 2.24) is 10.3 Å². The van der Waals surface area contributed by atoms with Crippen LogP contribution in [0.15, 0.2) is 30.5 Å². The van der Waals surface area contributed by atoms with Crippen LogP contribution in [0.1, 0.15) is 18.4 Å². The van der Waals surface area contributed by atoms with Crippen LogP contribution in [-0.4, -0.2) is 30.8 Å². The van der Waals surface area contributed by atoms with Crippen LogP contribution < -0.4 is 5.32 Å². The molecule has 0 aliphatic carbocycles. The number of benzene rings is 1. The third kappa shape index (κ3) is 2.04. The van der Waals surface area contributed by atoms with Crippen molar-refractivity contribution in [2.24, 2.45) is 0 Å². The minimum atomic E-state index is 0.0101. The van der Waals surface area contributed by atoms with E-state index in [-0.39, 0.29) is 5.60 Å². The third-order valence-corrected chi connectivity index (χ3v) is 4.14. The molecule has 1 saturated heterocycles. The zero-order chi connectivity index (χ0) is 12.4. The minimum absolute atomic E-state index is 0.0101. The van der Waals surface area contributed by atoms with E-state index in [0.29, 0.717) is 0 Å². The average Bonchev–Trinajstić information content (AvgIpc) is 2.83. The highest BCUT2D eigenvalue weighted by Gasteiger charge is 2.32. The molecule has 0 atom stereocenters. The summed E-state index contributed by atoms with van der Waals surface area (Å²) >= 11 is 0. The monoisotopic (exact) mass is 244 g/mol. The number of H-pyrrole nitrogens is 1. The fraction of sp³-hybridized carbons (Fsp3) is 0.467. The van der Waals surface area contributed by atoms with Crippen LogP contribution in [0.5, 0.6) is 0 Å². The zero-order valence-corrected chi connectivity index (χ0v) is 10.8. The molecule has 0 saturated carbocycles. The molecule has 0 radical (unpaired) electrons. The number of piperidine rings is 1. The second-order valence-electron chi connectivity index (χ2n) is 5.17. The molecule has 3 rings (SSSR count). The fourth-order valence-corrected chi connectivity index (χ4v) is 2.96. The number of hydrogen-bond acceptors (Lipinski definition) is 2. The van der Waals surface area contributed by atoms with E-state index in [1.165, 1.54) is 16.5 Å². The lowest BCUT2D eigenvalue weighted by Gasteiger charge is -2.36. The summed E-state index contributed by atoms with van der Waals surface area (Å²) in [5.41, 5.74) is 2.60. The van der Waals surface area contributed by atoms with Gasteiger partial charge in [-0.3, -0.25) is 0 Å². The van der Waals surface area contributed by atoms with Gasteiger partial charge >= 0.3 is 0 Å². The average molecular weight is 244 g/mol. The first-order valence-electron chi connectivity index (χ1n) is 6.64. The van der Waals surface area contributed by atoms with E-state index in [4.69, 9.17) is 4.74 Å². The number of rotatable bonds is 3. The molecular weight excluding hydrogens is 224 g/mol. The SMILES string of the molecule is COC1(Cc2c[nH]c3ccccc23)CCNCC1. The molecule has 0 spiro atoms. The maximum Gasteiger partial charge on any atom is 0.0743 e. The number of nitrogens with one attached hydrogen (secondary N) is 2. The number of para-hydroxylation sites is 1. The van der Waals surface area contributed by atoms with Gasteiger partial charge < -0.3 is 15.0 Å². The molecule has 1 aliphatic heterocycles. The smallest absolute Gasteiger partial charge is 0.0743 e. The van der Waals surface area contributed by atoms with Gasteiger partial charge in [-0.25, -0.2) is 0 Å². The molecule has 0 unspecified atom stereocenters. The Bertz CT molecular complexity index is 526.